The summed E-state index contributed by atoms with van der Waals surface area (Å²) in [5.41, 5.74) is 1.36. The number of carbonyl (C=O) groups is 2. The summed E-state index contributed by atoms with van der Waals surface area (Å²) in [6.45, 7) is 2.05. The van der Waals surface area contributed by atoms with Crippen LogP contribution in [0.3, 0.4) is 0 Å². The van der Waals surface area contributed by atoms with Gasteiger partial charge in [0.25, 0.3) is 5.91 Å². The third-order valence-electron chi connectivity index (χ3n) is 2.91. The fourth-order valence-corrected chi connectivity index (χ4v) is 2.45. The Hall–Kier alpha value is -2.14. The number of benzene rings is 1. The Balaban J connectivity index is 1.97. The van der Waals surface area contributed by atoms with Crippen LogP contribution >= 0.6 is 11.3 Å². The normalized spacial score (nSPS) is 10.1. The summed E-state index contributed by atoms with van der Waals surface area (Å²) in [5, 5.41) is 7.52. The lowest BCUT2D eigenvalue weighted by Gasteiger charge is -2.08. The summed E-state index contributed by atoms with van der Waals surface area (Å²) >= 11 is 1.39. The van der Waals surface area contributed by atoms with Crippen LogP contribution in [0.15, 0.2) is 41.8 Å². The molecule has 0 saturated carbocycles. The number of unbranched alkanes of at least 4 members (excludes halogenated alkanes) is 1. The molecule has 0 saturated heterocycles. The van der Waals surface area contributed by atoms with Crippen LogP contribution in [-0.4, -0.2) is 11.8 Å². The first-order valence-electron chi connectivity index (χ1n) is 6.94. The first-order chi connectivity index (χ1) is 10.2. The molecule has 0 unspecified atom stereocenters. The van der Waals surface area contributed by atoms with Crippen molar-refractivity contribution in [3.8, 4) is 0 Å². The zero-order chi connectivity index (χ0) is 15.1. The third-order valence-corrected chi connectivity index (χ3v) is 3.78. The molecule has 2 aromatic rings. The van der Waals surface area contributed by atoms with Gasteiger partial charge in [0.2, 0.25) is 5.91 Å². The number of hydrogen-bond donors (Lipinski definition) is 2. The maximum absolute atomic E-state index is 12.0. The molecule has 4 nitrogen and oxygen atoms in total. The van der Waals surface area contributed by atoms with E-state index in [1.54, 1.807) is 24.3 Å². The second-order valence-corrected chi connectivity index (χ2v) is 5.61. The fourth-order valence-electron chi connectivity index (χ4n) is 1.84. The largest absolute Gasteiger partial charge is 0.326 e. The summed E-state index contributed by atoms with van der Waals surface area (Å²) in [6.07, 6.45) is 2.38. The summed E-state index contributed by atoms with van der Waals surface area (Å²) in [5.74, 6) is -0.141. The predicted octanol–water partition coefficient (Wildman–Crippen LogP) is 4.13. The molecule has 0 aliphatic rings. The molecule has 0 atom stereocenters. The van der Waals surface area contributed by atoms with Crippen LogP contribution in [0.2, 0.25) is 0 Å². The van der Waals surface area contributed by atoms with Crippen molar-refractivity contribution in [2.24, 2.45) is 0 Å². The minimum absolute atomic E-state index is 0.00131. The molecule has 0 spiro atoms. The summed E-state index contributed by atoms with van der Waals surface area (Å²) in [6, 6.07) is 10.8. The smallest absolute Gasteiger partial charge is 0.265 e. The Morgan fingerprint density at radius 1 is 1.10 bits per heavy atom. The van der Waals surface area contributed by atoms with Gasteiger partial charge in [-0.25, -0.2) is 0 Å². The first kappa shape index (κ1) is 15.3. The van der Waals surface area contributed by atoms with Crippen LogP contribution in [0.5, 0.6) is 0 Å². The minimum atomic E-state index is -0.139. The van der Waals surface area contributed by atoms with Crippen LogP contribution in [0, 0.1) is 0 Å². The molecule has 2 amide bonds. The maximum atomic E-state index is 12.0. The molecular formula is C16H18N2O2S. The fraction of sp³-hybridized carbons (Fsp3) is 0.250. The average molecular weight is 302 g/mol. The molecule has 1 heterocycles. The Kier molecular flexibility index (Phi) is 5.51. The second-order valence-electron chi connectivity index (χ2n) is 4.66. The monoisotopic (exact) mass is 302 g/mol. The maximum Gasteiger partial charge on any atom is 0.265 e. The average Bonchev–Trinajstić information content (AvgIpc) is 3.00. The molecule has 0 bridgehead atoms. The van der Waals surface area contributed by atoms with Gasteiger partial charge in [-0.15, -0.1) is 11.3 Å². The van der Waals surface area contributed by atoms with E-state index in [4.69, 9.17) is 0 Å². The van der Waals surface area contributed by atoms with Crippen LogP contribution in [0.1, 0.15) is 35.9 Å². The quantitative estimate of drug-likeness (QED) is 0.843. The highest BCUT2D eigenvalue weighted by atomic mass is 32.1. The third kappa shape index (κ3) is 4.72. The Bertz CT molecular complexity index is 608. The molecule has 0 fully saturated rings. The zero-order valence-corrected chi connectivity index (χ0v) is 12.7. The van der Waals surface area contributed by atoms with Gasteiger partial charge in [-0.05, 0) is 36.1 Å². The van der Waals surface area contributed by atoms with Crippen molar-refractivity contribution >= 4 is 34.5 Å². The molecular weight excluding hydrogens is 284 g/mol. The highest BCUT2D eigenvalue weighted by Gasteiger charge is 2.07. The lowest BCUT2D eigenvalue weighted by atomic mass is 10.2. The van der Waals surface area contributed by atoms with Crippen molar-refractivity contribution in [2.45, 2.75) is 26.2 Å². The van der Waals surface area contributed by atoms with E-state index in [1.165, 1.54) is 11.3 Å². The van der Waals surface area contributed by atoms with Crippen LogP contribution in [-0.2, 0) is 4.79 Å². The van der Waals surface area contributed by atoms with Crippen LogP contribution < -0.4 is 10.6 Å². The summed E-state index contributed by atoms with van der Waals surface area (Å²) in [7, 11) is 0. The predicted molar refractivity (Wildman–Crippen MR) is 86.9 cm³/mol. The lowest BCUT2D eigenvalue weighted by molar-refractivity contribution is -0.116. The molecule has 1 aromatic carbocycles. The number of thiophene rings is 1. The zero-order valence-electron chi connectivity index (χ0n) is 11.9. The summed E-state index contributed by atoms with van der Waals surface area (Å²) in [4.78, 5) is 24.3. The van der Waals surface area contributed by atoms with E-state index in [1.807, 2.05) is 24.4 Å². The van der Waals surface area contributed by atoms with Gasteiger partial charge in [0.05, 0.1) is 4.88 Å². The number of amides is 2. The van der Waals surface area contributed by atoms with Gasteiger partial charge < -0.3 is 10.6 Å². The van der Waals surface area contributed by atoms with Gasteiger partial charge in [0.1, 0.15) is 0 Å². The Morgan fingerprint density at radius 2 is 1.86 bits per heavy atom. The number of hydrogen-bond acceptors (Lipinski definition) is 3. The van der Waals surface area contributed by atoms with Crippen molar-refractivity contribution in [1.29, 1.82) is 0 Å². The molecule has 1 aromatic heterocycles. The van der Waals surface area contributed by atoms with Crippen LogP contribution in [0.25, 0.3) is 0 Å². The number of anilines is 2. The van der Waals surface area contributed by atoms with E-state index in [-0.39, 0.29) is 11.8 Å². The van der Waals surface area contributed by atoms with Gasteiger partial charge >= 0.3 is 0 Å². The molecule has 5 heteroatoms. The van der Waals surface area contributed by atoms with E-state index in [0.717, 1.165) is 12.8 Å². The SMILES string of the molecule is CCCCC(=O)Nc1cccc(NC(=O)c2cccs2)c1. The summed E-state index contributed by atoms with van der Waals surface area (Å²) < 4.78 is 0. The first-order valence-corrected chi connectivity index (χ1v) is 7.82. The van der Waals surface area contributed by atoms with E-state index in [2.05, 4.69) is 10.6 Å². The second kappa shape index (κ2) is 7.59. The van der Waals surface area contributed by atoms with Crippen molar-refractivity contribution in [2.75, 3.05) is 10.6 Å². The Labute approximate surface area is 128 Å². The standard InChI is InChI=1S/C16H18N2O2S/c1-2-3-9-15(19)17-12-6-4-7-13(11-12)18-16(20)14-8-5-10-21-14/h4-8,10-11H,2-3,9H2,1H3,(H,17,19)(H,18,20). The topological polar surface area (TPSA) is 58.2 Å². The van der Waals surface area contributed by atoms with Crippen LogP contribution in [0.4, 0.5) is 11.4 Å². The van der Waals surface area contributed by atoms with Gasteiger partial charge in [-0.3, -0.25) is 9.59 Å². The van der Waals surface area contributed by atoms with Gasteiger partial charge in [-0.1, -0.05) is 25.5 Å². The van der Waals surface area contributed by atoms with Crippen molar-refractivity contribution in [1.82, 2.24) is 0 Å². The molecule has 2 N–H and O–H groups in total. The minimum Gasteiger partial charge on any atom is -0.326 e. The van der Waals surface area contributed by atoms with Crippen molar-refractivity contribution in [3.63, 3.8) is 0 Å². The van der Waals surface area contributed by atoms with Gasteiger partial charge in [0, 0.05) is 17.8 Å². The molecule has 2 rings (SSSR count). The number of carbonyl (C=O) groups excluding carboxylic acids is 2. The lowest BCUT2D eigenvalue weighted by Crippen LogP contribution is -2.12. The van der Waals surface area contributed by atoms with Crippen molar-refractivity contribution < 1.29 is 9.59 Å². The number of nitrogens with one attached hydrogen (secondary N) is 2. The molecule has 0 aliphatic heterocycles. The molecule has 0 aliphatic carbocycles. The number of rotatable bonds is 6. The van der Waals surface area contributed by atoms with E-state index >= 15 is 0 Å². The highest BCUT2D eigenvalue weighted by molar-refractivity contribution is 7.12. The van der Waals surface area contributed by atoms with Crippen molar-refractivity contribution in [3.05, 3.63) is 46.7 Å². The van der Waals surface area contributed by atoms with E-state index < -0.39 is 0 Å². The highest BCUT2D eigenvalue weighted by Crippen LogP contribution is 2.18. The molecule has 110 valence electrons. The van der Waals surface area contributed by atoms with E-state index in [0.29, 0.717) is 22.7 Å². The molecule has 21 heavy (non-hydrogen) atoms. The van der Waals surface area contributed by atoms with Gasteiger partial charge in [-0.2, -0.15) is 0 Å². The van der Waals surface area contributed by atoms with E-state index in [9.17, 15) is 9.59 Å². The Morgan fingerprint density at radius 3 is 2.52 bits per heavy atom. The van der Waals surface area contributed by atoms with Gasteiger partial charge in [0.15, 0.2) is 0 Å². The molecule has 0 radical (unpaired) electrons.